The number of carbonyl (C=O) groups excluding carboxylic acids is 2. The van der Waals surface area contributed by atoms with E-state index in [1.807, 2.05) is 30.3 Å². The number of rotatable bonds is 12. The van der Waals surface area contributed by atoms with Crippen LogP contribution < -0.4 is 15.5 Å². The van der Waals surface area contributed by atoms with Gasteiger partial charge in [0.2, 0.25) is 0 Å². The predicted molar refractivity (Wildman–Crippen MR) is 165 cm³/mol. The van der Waals surface area contributed by atoms with E-state index in [1.165, 1.54) is 32.4 Å². The number of hydrogen-bond donors (Lipinski definition) is 3. The molecule has 4 aromatic rings. The summed E-state index contributed by atoms with van der Waals surface area (Å²) >= 11 is 0. The van der Waals surface area contributed by atoms with Gasteiger partial charge in [0.25, 0.3) is 11.8 Å². The van der Waals surface area contributed by atoms with E-state index in [0.717, 1.165) is 18.4 Å². The van der Waals surface area contributed by atoms with E-state index in [9.17, 15) is 14.0 Å². The van der Waals surface area contributed by atoms with Crippen molar-refractivity contribution in [2.75, 3.05) is 14.2 Å². The summed E-state index contributed by atoms with van der Waals surface area (Å²) in [7, 11) is 2.72. The molecule has 8 nitrogen and oxygen atoms in total. The van der Waals surface area contributed by atoms with E-state index in [4.69, 9.17) is 16.0 Å². The van der Waals surface area contributed by atoms with Crippen LogP contribution in [0.1, 0.15) is 63.5 Å². The van der Waals surface area contributed by atoms with E-state index in [1.54, 1.807) is 30.4 Å². The van der Waals surface area contributed by atoms with E-state index in [0.29, 0.717) is 33.6 Å². The molecular weight excluding hydrogens is 547 g/mol. The Hall–Kier alpha value is -5.20. The van der Waals surface area contributed by atoms with Gasteiger partial charge in [0.05, 0.1) is 31.3 Å². The lowest BCUT2D eigenvalue weighted by molar-refractivity contribution is 0.0537. The average Bonchev–Trinajstić information content (AvgIpc) is 3.43. The number of methoxy groups -OCH3 is 1. The fourth-order valence-corrected chi connectivity index (χ4v) is 4.74. The first-order valence-corrected chi connectivity index (χ1v) is 13.8. The minimum atomic E-state index is -0.524. The maximum Gasteiger partial charge on any atom is 0.275 e. The van der Waals surface area contributed by atoms with Crippen LogP contribution in [-0.4, -0.2) is 36.0 Å². The molecule has 9 heteroatoms. The number of halogens is 1. The molecule has 0 bridgehead atoms. The van der Waals surface area contributed by atoms with Crippen molar-refractivity contribution in [3.05, 3.63) is 113 Å². The first-order valence-electron chi connectivity index (χ1n) is 13.8. The summed E-state index contributed by atoms with van der Waals surface area (Å²) < 4.78 is 19.4. The van der Waals surface area contributed by atoms with E-state index < -0.39 is 11.7 Å². The third kappa shape index (κ3) is 7.56. The molecule has 3 aromatic carbocycles. The Morgan fingerprint density at radius 1 is 1.12 bits per heavy atom. The zero-order chi connectivity index (χ0) is 30.8. The van der Waals surface area contributed by atoms with Crippen molar-refractivity contribution in [1.82, 2.24) is 20.8 Å². The molecule has 220 valence electrons. The standard InChI is InChI=1S/C34H33FN4O4/c1-5-7-9-15-24(32-36-29-20-27(35)31(42-3)21-30(29)37-32)18-23-16-17-25(19-26(23)34(41)39-43-4)33(40)38-28(12-6-2)22-13-10-8-11-14-22/h1,7-11,13-17,19-21,28H,6,12,18H2,2-4H3,(H,36,37)(H,38,40)(H,39,41)/b9-7-,24-15+/t28-/m1/s1. The number of imidazole rings is 1. The highest BCUT2D eigenvalue weighted by molar-refractivity contribution is 6.01. The highest BCUT2D eigenvalue weighted by Crippen LogP contribution is 2.28. The number of allylic oxidation sites excluding steroid dienone is 4. The van der Waals surface area contributed by atoms with Gasteiger partial charge in [0, 0.05) is 29.7 Å². The van der Waals surface area contributed by atoms with Crippen molar-refractivity contribution in [3.63, 3.8) is 0 Å². The first-order chi connectivity index (χ1) is 20.9. The number of aromatic amines is 1. The topological polar surface area (TPSA) is 105 Å². The SMILES string of the molecule is C#C/C=C\C=C(/Cc1ccc(C(=O)N[C@H](CCC)c2ccccc2)cc1C(=O)NOC)c1nc2cc(OC)c(F)cc2[nH]1. The molecule has 4 rings (SSSR count). The molecular formula is C34H33FN4O4. The number of aromatic nitrogens is 2. The van der Waals surface area contributed by atoms with Gasteiger partial charge < -0.3 is 15.0 Å². The second kappa shape index (κ2) is 14.6. The summed E-state index contributed by atoms with van der Waals surface area (Å²) in [5.41, 5.74) is 6.17. The van der Waals surface area contributed by atoms with Crippen molar-refractivity contribution in [2.24, 2.45) is 0 Å². The number of nitrogens with zero attached hydrogens (tertiary/aromatic N) is 1. The van der Waals surface area contributed by atoms with Crippen molar-refractivity contribution in [3.8, 4) is 18.1 Å². The van der Waals surface area contributed by atoms with Gasteiger partial charge >= 0.3 is 0 Å². The Kier molecular flexibility index (Phi) is 10.5. The Bertz CT molecular complexity index is 1700. The summed E-state index contributed by atoms with van der Waals surface area (Å²) in [6.07, 6.45) is 12.2. The van der Waals surface area contributed by atoms with Gasteiger partial charge in [-0.15, -0.1) is 6.42 Å². The molecule has 0 spiro atoms. The molecule has 0 aliphatic rings. The van der Waals surface area contributed by atoms with Crippen LogP contribution in [-0.2, 0) is 11.3 Å². The largest absolute Gasteiger partial charge is 0.494 e. The van der Waals surface area contributed by atoms with Gasteiger partial charge in [-0.2, -0.15) is 0 Å². The quantitative estimate of drug-likeness (QED) is 0.107. The molecule has 0 aliphatic carbocycles. The van der Waals surface area contributed by atoms with Crippen LogP contribution in [0.4, 0.5) is 4.39 Å². The van der Waals surface area contributed by atoms with Crippen LogP contribution >= 0.6 is 0 Å². The zero-order valence-corrected chi connectivity index (χ0v) is 24.2. The van der Waals surface area contributed by atoms with Crippen LogP contribution in [0.5, 0.6) is 5.75 Å². The molecule has 0 radical (unpaired) electrons. The molecule has 0 aliphatic heterocycles. The highest BCUT2D eigenvalue weighted by Gasteiger charge is 2.20. The summed E-state index contributed by atoms with van der Waals surface area (Å²) in [6, 6.07) is 17.3. The van der Waals surface area contributed by atoms with Crippen LogP contribution in [0.25, 0.3) is 16.6 Å². The van der Waals surface area contributed by atoms with Crippen LogP contribution in [0.2, 0.25) is 0 Å². The molecule has 43 heavy (non-hydrogen) atoms. The molecule has 0 unspecified atom stereocenters. The number of ether oxygens (including phenoxy) is 1. The Labute approximate surface area is 250 Å². The van der Waals surface area contributed by atoms with E-state index in [-0.39, 0.29) is 29.7 Å². The van der Waals surface area contributed by atoms with Crippen molar-refractivity contribution in [2.45, 2.75) is 32.2 Å². The van der Waals surface area contributed by atoms with Crippen LogP contribution in [0, 0.1) is 18.2 Å². The maximum atomic E-state index is 14.4. The lowest BCUT2D eigenvalue weighted by Gasteiger charge is -2.19. The molecule has 2 amide bonds. The second-order valence-corrected chi connectivity index (χ2v) is 9.72. The average molecular weight is 581 g/mol. The normalized spacial score (nSPS) is 12.2. The van der Waals surface area contributed by atoms with E-state index in [2.05, 4.69) is 33.6 Å². The predicted octanol–water partition coefficient (Wildman–Crippen LogP) is 6.09. The first kappa shape index (κ1) is 30.8. The van der Waals surface area contributed by atoms with Crippen LogP contribution in [0.15, 0.2) is 78.9 Å². The van der Waals surface area contributed by atoms with Gasteiger partial charge in [-0.25, -0.2) is 14.9 Å². The van der Waals surface area contributed by atoms with Gasteiger partial charge in [-0.1, -0.05) is 67.8 Å². The summed E-state index contributed by atoms with van der Waals surface area (Å²) in [5, 5.41) is 3.10. The molecule has 0 saturated heterocycles. The summed E-state index contributed by atoms with van der Waals surface area (Å²) in [4.78, 5) is 39.1. The van der Waals surface area contributed by atoms with Crippen molar-refractivity contribution < 1.29 is 23.6 Å². The third-order valence-electron chi connectivity index (χ3n) is 6.83. The Morgan fingerprint density at radius 2 is 1.91 bits per heavy atom. The van der Waals surface area contributed by atoms with E-state index >= 15 is 0 Å². The van der Waals surface area contributed by atoms with Crippen molar-refractivity contribution in [1.29, 1.82) is 0 Å². The number of hydroxylamine groups is 1. The van der Waals surface area contributed by atoms with Crippen molar-refractivity contribution >= 4 is 28.4 Å². The highest BCUT2D eigenvalue weighted by atomic mass is 19.1. The minimum absolute atomic E-state index is 0.0733. The summed E-state index contributed by atoms with van der Waals surface area (Å²) in [6.45, 7) is 2.06. The number of H-pyrrole nitrogens is 1. The lowest BCUT2D eigenvalue weighted by Crippen LogP contribution is -2.29. The number of carbonyl (C=O) groups is 2. The lowest BCUT2D eigenvalue weighted by atomic mass is 9.95. The molecule has 3 N–H and O–H groups in total. The molecule has 1 atom stereocenters. The molecule has 1 aromatic heterocycles. The summed E-state index contributed by atoms with van der Waals surface area (Å²) in [5.74, 6) is 1.62. The maximum absolute atomic E-state index is 14.4. The number of nitrogens with one attached hydrogen (secondary N) is 3. The number of fused-ring (bicyclic) bond motifs is 1. The number of terminal acetylenes is 1. The second-order valence-electron chi connectivity index (χ2n) is 9.72. The van der Waals surface area contributed by atoms with Crippen LogP contribution in [0.3, 0.4) is 0 Å². The molecule has 0 saturated carbocycles. The Morgan fingerprint density at radius 3 is 2.60 bits per heavy atom. The zero-order valence-electron chi connectivity index (χ0n) is 24.2. The number of benzene rings is 3. The number of amides is 2. The smallest absolute Gasteiger partial charge is 0.275 e. The fourth-order valence-electron chi connectivity index (χ4n) is 4.74. The fraction of sp³-hybridized carbons (Fsp3) is 0.206. The number of hydrogen-bond acceptors (Lipinski definition) is 5. The van der Waals surface area contributed by atoms with Gasteiger partial charge in [0.1, 0.15) is 5.82 Å². The third-order valence-corrected chi connectivity index (χ3v) is 6.83. The van der Waals surface area contributed by atoms with Gasteiger partial charge in [-0.3, -0.25) is 14.4 Å². The van der Waals surface area contributed by atoms with Gasteiger partial charge in [0.15, 0.2) is 11.6 Å². The monoisotopic (exact) mass is 580 g/mol. The molecule has 1 heterocycles. The molecule has 0 fully saturated rings. The van der Waals surface area contributed by atoms with Gasteiger partial charge in [-0.05, 0) is 41.3 Å². The Balaban J connectivity index is 1.70. The minimum Gasteiger partial charge on any atom is -0.494 e.